The van der Waals surface area contributed by atoms with Crippen LogP contribution in [0.1, 0.15) is 5.89 Å². The maximum atomic E-state index is 13.8. The van der Waals surface area contributed by atoms with Gasteiger partial charge in [-0.2, -0.15) is 4.98 Å². The van der Waals surface area contributed by atoms with Crippen molar-refractivity contribution in [3.8, 4) is 22.6 Å². The smallest absolute Gasteiger partial charge is 0.237 e. The number of rotatable bonds is 5. The van der Waals surface area contributed by atoms with Gasteiger partial charge in [-0.05, 0) is 48.5 Å². The second-order valence-electron chi connectivity index (χ2n) is 5.54. The average molecular weight is 382 g/mol. The van der Waals surface area contributed by atoms with E-state index in [1.165, 1.54) is 30.0 Å². The minimum atomic E-state index is -0.341. The van der Waals surface area contributed by atoms with Crippen molar-refractivity contribution in [2.45, 2.75) is 10.8 Å². The first-order valence-corrected chi connectivity index (χ1v) is 8.97. The largest absolute Gasteiger partial charge is 0.338 e. The number of aromatic nitrogens is 4. The van der Waals surface area contributed by atoms with E-state index in [0.29, 0.717) is 39.3 Å². The third-order valence-corrected chi connectivity index (χ3v) is 4.61. The van der Waals surface area contributed by atoms with Crippen LogP contribution in [0.5, 0.6) is 0 Å². The van der Waals surface area contributed by atoms with Crippen LogP contribution in [0.2, 0.25) is 0 Å². The molecule has 0 bridgehead atoms. The van der Waals surface area contributed by atoms with E-state index in [2.05, 4.69) is 20.3 Å². The lowest BCUT2D eigenvalue weighted by Gasteiger charge is -2.02. The highest BCUT2D eigenvalue weighted by Crippen LogP contribution is 2.24. The first-order valence-electron chi connectivity index (χ1n) is 7.99. The van der Waals surface area contributed by atoms with Crippen LogP contribution in [0.4, 0.5) is 8.78 Å². The number of halogens is 2. The Morgan fingerprint density at radius 1 is 0.889 bits per heavy atom. The molecule has 4 aromatic rings. The van der Waals surface area contributed by atoms with Crippen LogP contribution in [0, 0.1) is 11.6 Å². The molecule has 0 fully saturated rings. The molecular weight excluding hydrogens is 370 g/mol. The van der Waals surface area contributed by atoms with Gasteiger partial charge in [0.05, 0.1) is 11.4 Å². The third-order valence-electron chi connectivity index (χ3n) is 3.70. The Bertz CT molecular complexity index is 1050. The number of benzene rings is 2. The zero-order valence-corrected chi connectivity index (χ0v) is 14.7. The summed E-state index contributed by atoms with van der Waals surface area (Å²) in [5.74, 6) is 0.551. The average Bonchev–Trinajstić information content (AvgIpc) is 3.17. The standard InChI is InChI=1S/C19H12F2N4OS/c20-13-7-5-12(6-8-13)19-22-17(26-25-19)11-27-18-10-9-16(23-24-18)14-3-1-2-4-15(14)21/h1-10H,11H2. The fourth-order valence-corrected chi connectivity index (χ4v) is 3.03. The van der Waals surface area contributed by atoms with Gasteiger partial charge in [-0.1, -0.05) is 29.1 Å². The lowest BCUT2D eigenvalue weighted by atomic mass is 10.1. The van der Waals surface area contributed by atoms with Crippen molar-refractivity contribution in [2.24, 2.45) is 0 Å². The van der Waals surface area contributed by atoms with Crippen molar-refractivity contribution in [1.82, 2.24) is 20.3 Å². The maximum Gasteiger partial charge on any atom is 0.237 e. The Hall–Kier alpha value is -3.13. The summed E-state index contributed by atoms with van der Waals surface area (Å²) in [4.78, 5) is 4.28. The summed E-state index contributed by atoms with van der Waals surface area (Å²) in [6.45, 7) is 0. The molecule has 8 heteroatoms. The molecule has 0 unspecified atom stereocenters. The van der Waals surface area contributed by atoms with Crippen molar-refractivity contribution < 1.29 is 13.3 Å². The van der Waals surface area contributed by atoms with Crippen LogP contribution in [-0.4, -0.2) is 20.3 Å². The van der Waals surface area contributed by atoms with Crippen LogP contribution in [-0.2, 0) is 5.75 Å². The molecule has 0 aliphatic heterocycles. The molecule has 134 valence electrons. The normalized spacial score (nSPS) is 10.9. The van der Waals surface area contributed by atoms with Gasteiger partial charge in [-0.25, -0.2) is 8.78 Å². The van der Waals surface area contributed by atoms with Gasteiger partial charge >= 0.3 is 0 Å². The first-order chi connectivity index (χ1) is 13.2. The maximum absolute atomic E-state index is 13.8. The van der Waals surface area contributed by atoms with E-state index in [4.69, 9.17) is 4.52 Å². The van der Waals surface area contributed by atoms with Crippen LogP contribution < -0.4 is 0 Å². The van der Waals surface area contributed by atoms with Crippen molar-refractivity contribution in [3.05, 3.63) is 78.2 Å². The first kappa shape index (κ1) is 17.3. The molecule has 2 aromatic carbocycles. The summed E-state index contributed by atoms with van der Waals surface area (Å²) >= 11 is 1.37. The van der Waals surface area contributed by atoms with E-state index in [0.717, 1.165) is 0 Å². The Kier molecular flexibility index (Phi) is 4.88. The van der Waals surface area contributed by atoms with E-state index in [9.17, 15) is 8.78 Å². The fraction of sp³-hybridized carbons (Fsp3) is 0.0526. The van der Waals surface area contributed by atoms with Gasteiger partial charge in [0.25, 0.3) is 0 Å². The van der Waals surface area contributed by atoms with E-state index in [1.54, 1.807) is 42.5 Å². The summed E-state index contributed by atoms with van der Waals surface area (Å²) in [7, 11) is 0. The highest BCUT2D eigenvalue weighted by atomic mass is 32.2. The van der Waals surface area contributed by atoms with Gasteiger partial charge in [0.15, 0.2) is 0 Å². The molecule has 0 atom stereocenters. The third kappa shape index (κ3) is 4.01. The molecule has 27 heavy (non-hydrogen) atoms. The minimum Gasteiger partial charge on any atom is -0.338 e. The monoisotopic (exact) mass is 382 g/mol. The second kappa shape index (κ2) is 7.63. The molecule has 2 heterocycles. The number of hydrogen-bond acceptors (Lipinski definition) is 6. The molecule has 2 aromatic heterocycles. The number of nitrogens with zero attached hydrogens (tertiary/aromatic N) is 4. The molecule has 0 saturated carbocycles. The van der Waals surface area contributed by atoms with Crippen LogP contribution in [0.3, 0.4) is 0 Å². The SMILES string of the molecule is Fc1ccc(-c2noc(CSc3ccc(-c4ccccc4F)nn3)n2)cc1. The highest BCUT2D eigenvalue weighted by molar-refractivity contribution is 7.98. The Balaban J connectivity index is 1.42. The molecule has 0 aliphatic rings. The van der Waals surface area contributed by atoms with Crippen molar-refractivity contribution in [3.63, 3.8) is 0 Å². The summed E-state index contributed by atoms with van der Waals surface area (Å²) in [6, 6.07) is 15.7. The van der Waals surface area contributed by atoms with E-state index < -0.39 is 0 Å². The van der Waals surface area contributed by atoms with E-state index in [1.807, 2.05) is 0 Å². The van der Waals surface area contributed by atoms with Crippen LogP contribution in [0.15, 0.2) is 70.2 Å². The lowest BCUT2D eigenvalue weighted by molar-refractivity contribution is 0.391. The molecule has 0 N–H and O–H groups in total. The Morgan fingerprint density at radius 3 is 2.44 bits per heavy atom. The zero-order chi connectivity index (χ0) is 18.6. The topological polar surface area (TPSA) is 64.7 Å². The molecule has 0 amide bonds. The summed E-state index contributed by atoms with van der Waals surface area (Å²) in [5.41, 5.74) is 1.54. The van der Waals surface area contributed by atoms with E-state index in [-0.39, 0.29) is 11.6 Å². The van der Waals surface area contributed by atoms with E-state index >= 15 is 0 Å². The molecule has 4 rings (SSSR count). The molecule has 0 aliphatic carbocycles. The molecule has 0 radical (unpaired) electrons. The van der Waals surface area contributed by atoms with Crippen LogP contribution in [0.25, 0.3) is 22.6 Å². The van der Waals surface area contributed by atoms with Crippen LogP contribution >= 0.6 is 11.8 Å². The highest BCUT2D eigenvalue weighted by Gasteiger charge is 2.11. The molecular formula is C19H12F2N4OS. The Morgan fingerprint density at radius 2 is 1.70 bits per heavy atom. The minimum absolute atomic E-state index is 0.324. The van der Waals surface area contributed by atoms with Gasteiger partial charge in [-0.3, -0.25) is 0 Å². The summed E-state index contributed by atoms with van der Waals surface area (Å²) in [5, 5.41) is 12.7. The summed E-state index contributed by atoms with van der Waals surface area (Å²) < 4.78 is 32.0. The van der Waals surface area contributed by atoms with Gasteiger partial charge in [-0.15, -0.1) is 10.2 Å². The Labute approximate surface area is 157 Å². The fourth-order valence-electron chi connectivity index (χ4n) is 2.37. The van der Waals surface area contributed by atoms with Gasteiger partial charge in [0.2, 0.25) is 11.7 Å². The predicted molar refractivity (Wildman–Crippen MR) is 96.7 cm³/mol. The van der Waals surface area contributed by atoms with Crippen molar-refractivity contribution in [2.75, 3.05) is 0 Å². The van der Waals surface area contributed by atoms with Gasteiger partial charge < -0.3 is 4.52 Å². The molecule has 0 saturated heterocycles. The van der Waals surface area contributed by atoms with Crippen molar-refractivity contribution >= 4 is 11.8 Å². The second-order valence-corrected chi connectivity index (χ2v) is 6.54. The number of thioether (sulfide) groups is 1. The zero-order valence-electron chi connectivity index (χ0n) is 13.8. The molecule has 0 spiro atoms. The summed E-state index contributed by atoms with van der Waals surface area (Å²) in [6.07, 6.45) is 0. The van der Waals surface area contributed by atoms with Crippen molar-refractivity contribution in [1.29, 1.82) is 0 Å². The van der Waals surface area contributed by atoms with Gasteiger partial charge in [0, 0.05) is 11.1 Å². The predicted octanol–water partition coefficient (Wildman–Crippen LogP) is 4.76. The van der Waals surface area contributed by atoms with Gasteiger partial charge in [0.1, 0.15) is 16.7 Å². The number of hydrogen-bond donors (Lipinski definition) is 0. The lowest BCUT2D eigenvalue weighted by Crippen LogP contribution is -1.92. The quantitative estimate of drug-likeness (QED) is 0.464. The molecule has 5 nitrogen and oxygen atoms in total.